The molecular formula is C10H20N2O4S. The highest BCUT2D eigenvalue weighted by atomic mass is 32.2. The zero-order valence-electron chi connectivity index (χ0n) is 10.3. The van der Waals surface area contributed by atoms with E-state index >= 15 is 0 Å². The summed E-state index contributed by atoms with van der Waals surface area (Å²) in [4.78, 5) is 10.7. The fraction of sp³-hybridized carbons (Fsp3) is 0.900. The Hall–Kier alpha value is -0.660. The van der Waals surface area contributed by atoms with Gasteiger partial charge in [0.25, 0.3) is 0 Å². The van der Waals surface area contributed by atoms with Gasteiger partial charge in [-0.2, -0.15) is 4.31 Å². The second-order valence-electron chi connectivity index (χ2n) is 4.24. The van der Waals surface area contributed by atoms with E-state index in [1.54, 1.807) is 0 Å². The zero-order chi connectivity index (χ0) is 12.9. The molecule has 6 nitrogen and oxygen atoms in total. The van der Waals surface area contributed by atoms with Crippen molar-refractivity contribution in [1.82, 2.24) is 9.62 Å². The molecule has 1 aliphatic rings. The first-order chi connectivity index (χ1) is 7.89. The van der Waals surface area contributed by atoms with Crippen LogP contribution in [-0.2, 0) is 19.6 Å². The molecule has 1 N–H and O–H groups in total. The molecule has 0 aromatic rings. The van der Waals surface area contributed by atoms with Crippen molar-refractivity contribution in [3.05, 3.63) is 0 Å². The summed E-state index contributed by atoms with van der Waals surface area (Å²) in [5.74, 6) is -0.157. The summed E-state index contributed by atoms with van der Waals surface area (Å²) in [6.45, 7) is 3.10. The van der Waals surface area contributed by atoms with Crippen LogP contribution in [0.15, 0.2) is 0 Å². The fourth-order valence-corrected chi connectivity index (χ4v) is 2.62. The van der Waals surface area contributed by atoms with Crippen LogP contribution in [0.3, 0.4) is 0 Å². The maximum Gasteiger partial charge on any atom is 0.216 e. The number of nitrogens with zero attached hydrogens (tertiary/aromatic N) is 1. The summed E-state index contributed by atoms with van der Waals surface area (Å²) in [5.41, 5.74) is 0. The Kier molecular flexibility index (Phi) is 5.35. The molecule has 0 spiro atoms. The molecule has 17 heavy (non-hydrogen) atoms. The maximum atomic E-state index is 11.6. The highest BCUT2D eigenvalue weighted by Gasteiger charge is 2.24. The van der Waals surface area contributed by atoms with Crippen LogP contribution in [0, 0.1) is 0 Å². The third-order valence-corrected chi connectivity index (χ3v) is 3.91. The van der Waals surface area contributed by atoms with Crippen LogP contribution in [0.25, 0.3) is 0 Å². The number of sulfonamides is 1. The molecule has 1 fully saturated rings. The van der Waals surface area contributed by atoms with E-state index in [9.17, 15) is 13.2 Å². The van der Waals surface area contributed by atoms with E-state index in [2.05, 4.69) is 5.32 Å². The van der Waals surface area contributed by atoms with Crippen LogP contribution in [-0.4, -0.2) is 57.2 Å². The molecule has 7 heteroatoms. The number of hydrogen-bond donors (Lipinski definition) is 1. The first kappa shape index (κ1) is 14.4. The molecule has 1 heterocycles. The van der Waals surface area contributed by atoms with Crippen LogP contribution in [0.4, 0.5) is 0 Å². The molecule has 0 aromatic carbocycles. The lowest BCUT2D eigenvalue weighted by molar-refractivity contribution is -0.118. The molecule has 1 amide bonds. The Morgan fingerprint density at radius 3 is 2.71 bits per heavy atom. The van der Waals surface area contributed by atoms with E-state index in [1.165, 1.54) is 17.5 Å². The number of ether oxygens (including phenoxy) is 1. The number of amides is 1. The van der Waals surface area contributed by atoms with Gasteiger partial charge in [-0.15, -0.1) is 0 Å². The number of nitrogens with one attached hydrogen (secondary N) is 1. The highest BCUT2D eigenvalue weighted by molar-refractivity contribution is 7.88. The third-order valence-electron chi connectivity index (χ3n) is 2.64. The van der Waals surface area contributed by atoms with E-state index in [-0.39, 0.29) is 18.6 Å². The van der Waals surface area contributed by atoms with Crippen molar-refractivity contribution in [3.8, 4) is 0 Å². The van der Waals surface area contributed by atoms with Gasteiger partial charge < -0.3 is 10.1 Å². The van der Waals surface area contributed by atoms with Gasteiger partial charge in [0.15, 0.2) is 0 Å². The predicted molar refractivity (Wildman–Crippen MR) is 64.1 cm³/mol. The van der Waals surface area contributed by atoms with Crippen molar-refractivity contribution in [2.45, 2.75) is 25.9 Å². The standard InChI is InChI=1S/C10H20N2O4S/c1-9(13)11-5-6-12(17(2,14)15)8-10-4-3-7-16-10/h10H,3-8H2,1-2H3,(H,11,13). The van der Waals surface area contributed by atoms with Gasteiger partial charge >= 0.3 is 0 Å². The molecule has 1 atom stereocenters. The van der Waals surface area contributed by atoms with Gasteiger partial charge in [0, 0.05) is 33.2 Å². The molecule has 0 bridgehead atoms. The zero-order valence-corrected chi connectivity index (χ0v) is 11.1. The minimum Gasteiger partial charge on any atom is -0.377 e. The predicted octanol–water partition coefficient (Wildman–Crippen LogP) is -0.437. The Bertz CT molecular complexity index is 349. The Labute approximate surface area is 102 Å². The van der Waals surface area contributed by atoms with Crippen molar-refractivity contribution in [1.29, 1.82) is 0 Å². The summed E-state index contributed by atoms with van der Waals surface area (Å²) < 4.78 is 29.9. The van der Waals surface area contributed by atoms with Crippen LogP contribution in [0.2, 0.25) is 0 Å². The molecule has 1 saturated heterocycles. The Balaban J connectivity index is 2.45. The maximum absolute atomic E-state index is 11.6. The van der Waals surface area contributed by atoms with Crippen molar-refractivity contribution < 1.29 is 17.9 Å². The van der Waals surface area contributed by atoms with E-state index in [0.717, 1.165) is 12.8 Å². The van der Waals surface area contributed by atoms with Crippen molar-refractivity contribution >= 4 is 15.9 Å². The molecule has 0 saturated carbocycles. The average Bonchev–Trinajstić information content (AvgIpc) is 2.66. The Morgan fingerprint density at radius 2 is 2.24 bits per heavy atom. The smallest absolute Gasteiger partial charge is 0.216 e. The van der Waals surface area contributed by atoms with Crippen LogP contribution < -0.4 is 5.32 Å². The first-order valence-corrected chi connectivity index (χ1v) is 7.55. The van der Waals surface area contributed by atoms with Gasteiger partial charge in [-0.05, 0) is 12.8 Å². The molecule has 1 rings (SSSR count). The summed E-state index contributed by atoms with van der Waals surface area (Å²) in [7, 11) is -3.25. The average molecular weight is 264 g/mol. The van der Waals surface area contributed by atoms with E-state index in [4.69, 9.17) is 4.74 Å². The second-order valence-corrected chi connectivity index (χ2v) is 6.22. The lowest BCUT2D eigenvalue weighted by Gasteiger charge is -2.22. The second kappa shape index (κ2) is 6.32. The normalized spacial score (nSPS) is 20.8. The topological polar surface area (TPSA) is 75.7 Å². The largest absolute Gasteiger partial charge is 0.377 e. The molecular weight excluding hydrogens is 244 g/mol. The SMILES string of the molecule is CC(=O)NCCN(CC1CCCO1)S(C)(=O)=O. The number of carbonyl (C=O) groups excluding carboxylic acids is 1. The first-order valence-electron chi connectivity index (χ1n) is 5.71. The van der Waals surface area contributed by atoms with Gasteiger partial charge in [0.1, 0.15) is 0 Å². The minimum atomic E-state index is -3.25. The van der Waals surface area contributed by atoms with Gasteiger partial charge in [-0.3, -0.25) is 4.79 Å². The number of hydrogen-bond acceptors (Lipinski definition) is 4. The van der Waals surface area contributed by atoms with Crippen molar-refractivity contribution in [2.24, 2.45) is 0 Å². The molecule has 1 unspecified atom stereocenters. The van der Waals surface area contributed by atoms with Gasteiger partial charge in [0.05, 0.1) is 12.4 Å². The van der Waals surface area contributed by atoms with Crippen LogP contribution >= 0.6 is 0 Å². The van der Waals surface area contributed by atoms with Gasteiger partial charge in [-0.1, -0.05) is 0 Å². The number of rotatable bonds is 6. The Morgan fingerprint density at radius 1 is 1.53 bits per heavy atom. The summed E-state index contributed by atoms with van der Waals surface area (Å²) in [6.07, 6.45) is 3.04. The van der Waals surface area contributed by atoms with Crippen molar-refractivity contribution in [2.75, 3.05) is 32.5 Å². The monoisotopic (exact) mass is 264 g/mol. The molecule has 100 valence electrons. The van der Waals surface area contributed by atoms with E-state index in [0.29, 0.717) is 19.7 Å². The lowest BCUT2D eigenvalue weighted by atomic mass is 10.2. The van der Waals surface area contributed by atoms with Crippen LogP contribution in [0.1, 0.15) is 19.8 Å². The lowest BCUT2D eigenvalue weighted by Crippen LogP contribution is -2.41. The van der Waals surface area contributed by atoms with Crippen LogP contribution in [0.5, 0.6) is 0 Å². The molecule has 0 aromatic heterocycles. The minimum absolute atomic E-state index is 0.0120. The van der Waals surface area contributed by atoms with Gasteiger partial charge in [-0.25, -0.2) is 8.42 Å². The van der Waals surface area contributed by atoms with Gasteiger partial charge in [0.2, 0.25) is 15.9 Å². The fourth-order valence-electron chi connectivity index (χ4n) is 1.76. The van der Waals surface area contributed by atoms with E-state index < -0.39 is 10.0 Å². The summed E-state index contributed by atoms with van der Waals surface area (Å²) >= 11 is 0. The molecule has 1 aliphatic heterocycles. The highest BCUT2D eigenvalue weighted by Crippen LogP contribution is 2.14. The third kappa shape index (κ3) is 5.47. The summed E-state index contributed by atoms with van der Waals surface area (Å²) in [5, 5.41) is 2.59. The quantitative estimate of drug-likeness (QED) is 0.706. The summed E-state index contributed by atoms with van der Waals surface area (Å²) in [6, 6.07) is 0. The number of carbonyl (C=O) groups is 1. The molecule has 0 aliphatic carbocycles. The molecule has 0 radical (unpaired) electrons. The van der Waals surface area contributed by atoms with Crippen molar-refractivity contribution in [3.63, 3.8) is 0 Å². The van der Waals surface area contributed by atoms with E-state index in [1.807, 2.05) is 0 Å².